The molecule has 27 heavy (non-hydrogen) atoms. The Hall–Kier alpha value is -3.55. The van der Waals surface area contributed by atoms with Crippen molar-refractivity contribution in [3.8, 4) is 28.9 Å². The summed E-state index contributed by atoms with van der Waals surface area (Å²) in [6.07, 6.45) is 1.38. The van der Waals surface area contributed by atoms with Gasteiger partial charge >= 0.3 is 5.97 Å². The van der Waals surface area contributed by atoms with Crippen LogP contribution < -0.4 is 18.9 Å². The fourth-order valence-electron chi connectivity index (χ4n) is 2.54. The highest BCUT2D eigenvalue weighted by molar-refractivity contribution is 5.90. The molecule has 0 aliphatic carbocycles. The molecule has 0 aliphatic heterocycles. The second-order valence-electron chi connectivity index (χ2n) is 5.39. The van der Waals surface area contributed by atoms with E-state index in [4.69, 9.17) is 23.7 Å². The number of hydrogen-bond acceptors (Lipinski definition) is 8. The zero-order valence-corrected chi connectivity index (χ0v) is 15.3. The lowest BCUT2D eigenvalue weighted by atomic mass is 10.2. The molecule has 0 N–H and O–H groups in total. The molecule has 2 aromatic carbocycles. The monoisotopic (exact) mass is 370 g/mol. The van der Waals surface area contributed by atoms with Gasteiger partial charge in [-0.1, -0.05) is 0 Å². The summed E-state index contributed by atoms with van der Waals surface area (Å²) in [7, 11) is 5.89. The summed E-state index contributed by atoms with van der Waals surface area (Å²) in [6.45, 7) is 0. The number of ether oxygens (including phenoxy) is 5. The topological polar surface area (TPSA) is 89.0 Å². The van der Waals surface area contributed by atoms with Gasteiger partial charge in [0.1, 0.15) is 17.8 Å². The average Bonchev–Trinajstić information content (AvgIpc) is 2.71. The molecule has 0 saturated heterocycles. The predicted molar refractivity (Wildman–Crippen MR) is 97.0 cm³/mol. The van der Waals surface area contributed by atoms with Gasteiger partial charge in [-0.15, -0.1) is 0 Å². The van der Waals surface area contributed by atoms with Crippen LogP contribution in [0.2, 0.25) is 0 Å². The van der Waals surface area contributed by atoms with E-state index in [2.05, 4.69) is 9.97 Å². The minimum Gasteiger partial charge on any atom is -0.497 e. The fourth-order valence-corrected chi connectivity index (χ4v) is 2.54. The van der Waals surface area contributed by atoms with Gasteiger partial charge in [0.25, 0.3) is 0 Å². The van der Waals surface area contributed by atoms with Crippen molar-refractivity contribution in [3.05, 3.63) is 42.2 Å². The minimum atomic E-state index is -0.502. The van der Waals surface area contributed by atoms with Gasteiger partial charge in [0.15, 0.2) is 11.5 Å². The highest BCUT2D eigenvalue weighted by atomic mass is 16.5. The number of nitrogens with zero attached hydrogens (tertiary/aromatic N) is 2. The summed E-state index contributed by atoms with van der Waals surface area (Å²) in [4.78, 5) is 20.3. The Labute approximate surface area is 155 Å². The molecule has 0 unspecified atom stereocenters. The van der Waals surface area contributed by atoms with Crippen LogP contribution in [-0.2, 0) is 4.74 Å². The van der Waals surface area contributed by atoms with E-state index < -0.39 is 5.97 Å². The molecule has 0 amide bonds. The molecule has 3 aromatic rings. The molecule has 0 atom stereocenters. The van der Waals surface area contributed by atoms with Crippen molar-refractivity contribution in [3.63, 3.8) is 0 Å². The highest BCUT2D eigenvalue weighted by Crippen LogP contribution is 2.36. The summed E-state index contributed by atoms with van der Waals surface area (Å²) < 4.78 is 26.5. The zero-order chi connectivity index (χ0) is 19.4. The molecule has 0 fully saturated rings. The van der Waals surface area contributed by atoms with Crippen molar-refractivity contribution in [2.45, 2.75) is 0 Å². The van der Waals surface area contributed by atoms with Crippen LogP contribution >= 0.6 is 0 Å². The standard InChI is InChI=1S/C19H18N2O6/c1-23-12-5-11(19(22)26-4)6-13(7-12)27-18-14-8-16(24-2)17(25-3)9-15(14)20-10-21-18/h5-10H,1-4H3. The third-order valence-corrected chi connectivity index (χ3v) is 3.86. The van der Waals surface area contributed by atoms with Crippen LogP contribution in [0.4, 0.5) is 0 Å². The van der Waals surface area contributed by atoms with Crippen LogP contribution in [0.25, 0.3) is 10.9 Å². The van der Waals surface area contributed by atoms with Crippen LogP contribution in [0.5, 0.6) is 28.9 Å². The second kappa shape index (κ2) is 7.77. The number of esters is 1. The van der Waals surface area contributed by atoms with E-state index in [-0.39, 0.29) is 0 Å². The first kappa shape index (κ1) is 18.2. The number of methoxy groups -OCH3 is 4. The molecule has 8 nitrogen and oxygen atoms in total. The number of fused-ring (bicyclic) bond motifs is 1. The molecule has 0 spiro atoms. The Bertz CT molecular complexity index is 989. The summed E-state index contributed by atoms with van der Waals surface area (Å²) in [6, 6.07) is 8.20. The van der Waals surface area contributed by atoms with E-state index in [0.29, 0.717) is 45.3 Å². The van der Waals surface area contributed by atoms with Gasteiger partial charge in [0, 0.05) is 12.1 Å². The smallest absolute Gasteiger partial charge is 0.338 e. The van der Waals surface area contributed by atoms with Crippen LogP contribution in [-0.4, -0.2) is 44.4 Å². The first-order valence-electron chi connectivity index (χ1n) is 7.91. The Morgan fingerprint density at radius 2 is 1.52 bits per heavy atom. The Balaban J connectivity index is 2.07. The van der Waals surface area contributed by atoms with Gasteiger partial charge in [0.2, 0.25) is 5.88 Å². The van der Waals surface area contributed by atoms with Crippen molar-refractivity contribution in [2.75, 3.05) is 28.4 Å². The maximum Gasteiger partial charge on any atom is 0.338 e. The van der Waals surface area contributed by atoms with Gasteiger partial charge in [-0.05, 0) is 18.2 Å². The Morgan fingerprint density at radius 3 is 2.19 bits per heavy atom. The van der Waals surface area contributed by atoms with Crippen molar-refractivity contribution < 1.29 is 28.5 Å². The molecule has 0 bridgehead atoms. The Kier molecular flexibility index (Phi) is 5.25. The van der Waals surface area contributed by atoms with E-state index in [1.165, 1.54) is 20.5 Å². The number of carbonyl (C=O) groups is 1. The highest BCUT2D eigenvalue weighted by Gasteiger charge is 2.15. The van der Waals surface area contributed by atoms with E-state index in [1.807, 2.05) is 0 Å². The summed E-state index contributed by atoms with van der Waals surface area (Å²) in [5.74, 6) is 1.67. The van der Waals surface area contributed by atoms with E-state index in [0.717, 1.165) is 0 Å². The number of benzene rings is 2. The van der Waals surface area contributed by atoms with Crippen molar-refractivity contribution >= 4 is 16.9 Å². The molecule has 0 radical (unpaired) electrons. The lowest BCUT2D eigenvalue weighted by Crippen LogP contribution is -2.02. The van der Waals surface area contributed by atoms with E-state index in [9.17, 15) is 4.79 Å². The minimum absolute atomic E-state index is 0.296. The maximum absolute atomic E-state index is 11.9. The van der Waals surface area contributed by atoms with Crippen LogP contribution in [0.3, 0.4) is 0 Å². The quantitative estimate of drug-likeness (QED) is 0.611. The van der Waals surface area contributed by atoms with Crippen LogP contribution in [0, 0.1) is 0 Å². The van der Waals surface area contributed by atoms with Gasteiger partial charge in [-0.2, -0.15) is 0 Å². The Morgan fingerprint density at radius 1 is 0.815 bits per heavy atom. The number of hydrogen-bond donors (Lipinski definition) is 0. The molecule has 0 saturated carbocycles. The van der Waals surface area contributed by atoms with Gasteiger partial charge in [-0.25, -0.2) is 14.8 Å². The number of rotatable bonds is 6. The summed E-state index contributed by atoms with van der Waals surface area (Å²) >= 11 is 0. The predicted octanol–water partition coefficient (Wildman–Crippen LogP) is 3.23. The molecule has 3 rings (SSSR count). The van der Waals surface area contributed by atoms with Crippen molar-refractivity contribution in [2.24, 2.45) is 0 Å². The second-order valence-corrected chi connectivity index (χ2v) is 5.39. The molecule has 1 heterocycles. The molecule has 1 aromatic heterocycles. The van der Waals surface area contributed by atoms with Crippen molar-refractivity contribution in [1.82, 2.24) is 9.97 Å². The van der Waals surface area contributed by atoms with Gasteiger partial charge < -0.3 is 23.7 Å². The fraction of sp³-hybridized carbons (Fsp3) is 0.211. The maximum atomic E-state index is 11.9. The lowest BCUT2D eigenvalue weighted by molar-refractivity contribution is 0.0600. The van der Waals surface area contributed by atoms with Gasteiger partial charge in [0.05, 0.1) is 44.9 Å². The van der Waals surface area contributed by atoms with E-state index >= 15 is 0 Å². The normalized spacial score (nSPS) is 10.4. The molecule has 140 valence electrons. The van der Waals surface area contributed by atoms with Gasteiger partial charge in [-0.3, -0.25) is 0 Å². The largest absolute Gasteiger partial charge is 0.497 e. The van der Waals surface area contributed by atoms with Crippen LogP contribution in [0.15, 0.2) is 36.7 Å². The first-order valence-corrected chi connectivity index (χ1v) is 7.91. The molecular weight excluding hydrogens is 352 g/mol. The van der Waals surface area contributed by atoms with Crippen molar-refractivity contribution in [1.29, 1.82) is 0 Å². The molecule has 8 heteroatoms. The number of aromatic nitrogens is 2. The number of carbonyl (C=O) groups excluding carboxylic acids is 1. The first-order chi connectivity index (χ1) is 13.1. The summed E-state index contributed by atoms with van der Waals surface area (Å²) in [5.41, 5.74) is 0.915. The van der Waals surface area contributed by atoms with E-state index in [1.54, 1.807) is 44.6 Å². The SMILES string of the molecule is COC(=O)c1cc(OC)cc(Oc2ncnc3cc(OC)c(OC)cc23)c1. The molecular formula is C19H18N2O6. The third kappa shape index (κ3) is 3.69. The average molecular weight is 370 g/mol. The third-order valence-electron chi connectivity index (χ3n) is 3.86. The molecule has 0 aliphatic rings. The zero-order valence-electron chi connectivity index (χ0n) is 15.3. The lowest BCUT2D eigenvalue weighted by Gasteiger charge is -2.12. The van der Waals surface area contributed by atoms with Crippen LogP contribution in [0.1, 0.15) is 10.4 Å². The summed E-state index contributed by atoms with van der Waals surface area (Å²) in [5, 5.41) is 0.623.